The summed E-state index contributed by atoms with van der Waals surface area (Å²) < 4.78 is 1.17. The van der Waals surface area contributed by atoms with Crippen LogP contribution in [0.5, 0.6) is 0 Å². The summed E-state index contributed by atoms with van der Waals surface area (Å²) in [5.41, 5.74) is 1.33. The molecular formula is C20H18Cl2N4O2. The van der Waals surface area contributed by atoms with Crippen LogP contribution in [0.2, 0.25) is 10.0 Å². The molecule has 0 saturated carbocycles. The molecule has 28 heavy (non-hydrogen) atoms. The smallest absolute Gasteiger partial charge is 0.292 e. The average Bonchev–Trinajstić information content (AvgIpc) is 2.71. The summed E-state index contributed by atoms with van der Waals surface area (Å²) >= 11 is 12.1. The molecule has 1 heterocycles. The molecule has 0 aliphatic carbocycles. The predicted octanol–water partition coefficient (Wildman–Crippen LogP) is 3.66. The molecule has 0 radical (unpaired) electrons. The van der Waals surface area contributed by atoms with Crippen LogP contribution in [0.25, 0.3) is 5.69 Å². The first-order valence-corrected chi connectivity index (χ1v) is 9.33. The standard InChI is InChI=1S/C20H18Cl2N4O2/c1-13(19(27)23-11-14-5-3-2-4-6-14)25-17-12-24-26(20(28)18(17)22)16-9-7-15(21)8-10-16/h2-10,12-13,25H,11H2,1H3,(H,23,27). The van der Waals surface area contributed by atoms with E-state index in [-0.39, 0.29) is 10.9 Å². The number of carbonyl (C=O) groups is 1. The Kier molecular flexibility index (Phi) is 6.34. The van der Waals surface area contributed by atoms with Crippen LogP contribution < -0.4 is 16.2 Å². The number of nitrogens with one attached hydrogen (secondary N) is 2. The van der Waals surface area contributed by atoms with Crippen molar-refractivity contribution in [1.82, 2.24) is 15.1 Å². The van der Waals surface area contributed by atoms with E-state index < -0.39 is 11.6 Å². The number of benzene rings is 2. The highest BCUT2D eigenvalue weighted by atomic mass is 35.5. The molecule has 0 saturated heterocycles. The second kappa shape index (κ2) is 8.91. The van der Waals surface area contributed by atoms with Gasteiger partial charge in [-0.2, -0.15) is 9.78 Å². The molecule has 0 aliphatic rings. The zero-order valence-corrected chi connectivity index (χ0v) is 16.5. The molecule has 2 N–H and O–H groups in total. The number of rotatable bonds is 6. The third-order valence-corrected chi connectivity index (χ3v) is 4.68. The largest absolute Gasteiger partial charge is 0.371 e. The van der Waals surface area contributed by atoms with E-state index in [0.717, 1.165) is 5.56 Å². The Morgan fingerprint density at radius 1 is 1.11 bits per heavy atom. The predicted molar refractivity (Wildman–Crippen MR) is 111 cm³/mol. The van der Waals surface area contributed by atoms with Crippen molar-refractivity contribution in [1.29, 1.82) is 0 Å². The monoisotopic (exact) mass is 416 g/mol. The minimum Gasteiger partial charge on any atom is -0.371 e. The van der Waals surface area contributed by atoms with Gasteiger partial charge >= 0.3 is 0 Å². The van der Waals surface area contributed by atoms with Crippen molar-refractivity contribution >= 4 is 34.8 Å². The van der Waals surface area contributed by atoms with Gasteiger partial charge in [0.1, 0.15) is 11.1 Å². The van der Waals surface area contributed by atoms with E-state index in [9.17, 15) is 9.59 Å². The molecule has 1 atom stereocenters. The number of hydrogen-bond donors (Lipinski definition) is 2. The minimum atomic E-state index is -0.603. The number of hydrogen-bond acceptors (Lipinski definition) is 4. The van der Waals surface area contributed by atoms with Gasteiger partial charge in [-0.25, -0.2) is 0 Å². The summed E-state index contributed by atoms with van der Waals surface area (Å²) in [5.74, 6) is -0.221. The molecule has 0 fully saturated rings. The Morgan fingerprint density at radius 3 is 2.46 bits per heavy atom. The van der Waals surface area contributed by atoms with Gasteiger partial charge in [-0.3, -0.25) is 9.59 Å². The number of nitrogens with zero attached hydrogens (tertiary/aromatic N) is 2. The van der Waals surface area contributed by atoms with Crippen molar-refractivity contribution in [3.05, 3.63) is 86.8 Å². The van der Waals surface area contributed by atoms with Gasteiger partial charge in [-0.15, -0.1) is 0 Å². The summed E-state index contributed by atoms with van der Waals surface area (Å²) in [6.07, 6.45) is 1.42. The van der Waals surface area contributed by atoms with Gasteiger partial charge < -0.3 is 10.6 Å². The Balaban J connectivity index is 1.70. The second-order valence-corrected chi connectivity index (χ2v) is 6.95. The normalized spacial score (nSPS) is 11.7. The maximum atomic E-state index is 12.5. The average molecular weight is 417 g/mol. The van der Waals surface area contributed by atoms with Gasteiger partial charge in [0.05, 0.1) is 17.6 Å². The van der Waals surface area contributed by atoms with Crippen LogP contribution in [-0.2, 0) is 11.3 Å². The summed E-state index contributed by atoms with van der Waals surface area (Å²) in [6, 6.07) is 15.6. The first-order valence-electron chi connectivity index (χ1n) is 8.57. The summed E-state index contributed by atoms with van der Waals surface area (Å²) in [5, 5.41) is 10.4. The first kappa shape index (κ1) is 19.9. The number of halogens is 2. The molecule has 3 aromatic rings. The fraction of sp³-hybridized carbons (Fsp3) is 0.150. The van der Waals surface area contributed by atoms with E-state index in [4.69, 9.17) is 23.2 Å². The van der Waals surface area contributed by atoms with Gasteiger partial charge in [0, 0.05) is 11.6 Å². The summed E-state index contributed by atoms with van der Waals surface area (Å²) in [4.78, 5) is 24.8. The SMILES string of the molecule is CC(Nc1cnn(-c2ccc(Cl)cc2)c(=O)c1Cl)C(=O)NCc1ccccc1. The van der Waals surface area contributed by atoms with Crippen LogP contribution in [0.15, 0.2) is 65.6 Å². The number of carbonyl (C=O) groups excluding carboxylic acids is 1. The first-order chi connectivity index (χ1) is 13.5. The molecule has 2 aromatic carbocycles. The highest BCUT2D eigenvalue weighted by Gasteiger charge is 2.17. The van der Waals surface area contributed by atoms with Gasteiger partial charge in [-0.1, -0.05) is 53.5 Å². The zero-order chi connectivity index (χ0) is 20.1. The third kappa shape index (κ3) is 4.71. The minimum absolute atomic E-state index is 0.0485. The quantitative estimate of drug-likeness (QED) is 0.642. The van der Waals surface area contributed by atoms with Crippen molar-refractivity contribution in [3.8, 4) is 5.69 Å². The molecule has 144 valence electrons. The van der Waals surface area contributed by atoms with Crippen molar-refractivity contribution in [2.75, 3.05) is 5.32 Å². The molecule has 6 nitrogen and oxygen atoms in total. The number of anilines is 1. The lowest BCUT2D eigenvalue weighted by atomic mass is 10.2. The highest BCUT2D eigenvalue weighted by Crippen LogP contribution is 2.18. The van der Waals surface area contributed by atoms with Crippen LogP contribution in [-0.4, -0.2) is 21.7 Å². The molecule has 1 aromatic heterocycles. The molecule has 0 bridgehead atoms. The van der Waals surface area contributed by atoms with Crippen LogP contribution in [0.4, 0.5) is 5.69 Å². The Labute approximate surface area is 172 Å². The Hall–Kier alpha value is -2.83. The molecule has 0 aliphatic heterocycles. The van der Waals surface area contributed by atoms with Crippen LogP contribution >= 0.6 is 23.2 Å². The molecule has 1 unspecified atom stereocenters. The van der Waals surface area contributed by atoms with Crippen molar-refractivity contribution in [3.63, 3.8) is 0 Å². The fourth-order valence-corrected chi connectivity index (χ4v) is 2.85. The van der Waals surface area contributed by atoms with Gasteiger partial charge in [0.2, 0.25) is 5.91 Å². The van der Waals surface area contributed by atoms with E-state index in [1.807, 2.05) is 30.3 Å². The van der Waals surface area contributed by atoms with E-state index in [2.05, 4.69) is 15.7 Å². The van der Waals surface area contributed by atoms with E-state index in [0.29, 0.717) is 22.9 Å². The van der Waals surface area contributed by atoms with Crippen LogP contribution in [0, 0.1) is 0 Å². The zero-order valence-electron chi connectivity index (χ0n) is 15.0. The molecule has 0 spiro atoms. The van der Waals surface area contributed by atoms with Gasteiger partial charge in [0.15, 0.2) is 0 Å². The lowest BCUT2D eigenvalue weighted by Gasteiger charge is -2.16. The van der Waals surface area contributed by atoms with Crippen LogP contribution in [0.3, 0.4) is 0 Å². The Bertz CT molecular complexity index is 1020. The molecule has 8 heteroatoms. The van der Waals surface area contributed by atoms with E-state index in [1.165, 1.54) is 10.9 Å². The second-order valence-electron chi connectivity index (χ2n) is 6.14. The lowest BCUT2D eigenvalue weighted by Crippen LogP contribution is -2.37. The van der Waals surface area contributed by atoms with Crippen molar-refractivity contribution in [2.24, 2.45) is 0 Å². The van der Waals surface area contributed by atoms with E-state index >= 15 is 0 Å². The number of aromatic nitrogens is 2. The molecular weight excluding hydrogens is 399 g/mol. The highest BCUT2D eigenvalue weighted by molar-refractivity contribution is 6.33. The maximum Gasteiger partial charge on any atom is 0.292 e. The van der Waals surface area contributed by atoms with Crippen molar-refractivity contribution < 1.29 is 4.79 Å². The Morgan fingerprint density at radius 2 is 1.79 bits per heavy atom. The van der Waals surface area contributed by atoms with E-state index in [1.54, 1.807) is 31.2 Å². The molecule has 3 rings (SSSR count). The topological polar surface area (TPSA) is 76.0 Å². The maximum absolute atomic E-state index is 12.5. The van der Waals surface area contributed by atoms with Gasteiger partial charge in [0.25, 0.3) is 5.56 Å². The van der Waals surface area contributed by atoms with Crippen LogP contribution in [0.1, 0.15) is 12.5 Å². The number of amides is 1. The summed E-state index contributed by atoms with van der Waals surface area (Å²) in [6.45, 7) is 2.09. The lowest BCUT2D eigenvalue weighted by molar-refractivity contribution is -0.121. The third-order valence-electron chi connectivity index (χ3n) is 4.06. The van der Waals surface area contributed by atoms with Gasteiger partial charge in [-0.05, 0) is 36.8 Å². The molecule has 1 amide bonds. The summed E-state index contributed by atoms with van der Waals surface area (Å²) in [7, 11) is 0. The van der Waals surface area contributed by atoms with Crippen molar-refractivity contribution in [2.45, 2.75) is 19.5 Å². The fourth-order valence-electron chi connectivity index (χ4n) is 2.54.